The summed E-state index contributed by atoms with van der Waals surface area (Å²) in [4.78, 5) is 0. The summed E-state index contributed by atoms with van der Waals surface area (Å²) in [5.74, 6) is 0. The lowest BCUT2D eigenvalue weighted by molar-refractivity contribution is 0.901. The second-order valence-corrected chi connectivity index (χ2v) is 2.01. The van der Waals surface area contributed by atoms with Gasteiger partial charge in [-0.3, -0.25) is 0 Å². The Morgan fingerprint density at radius 1 is 1.56 bits per heavy atom. The van der Waals surface area contributed by atoms with E-state index in [4.69, 9.17) is 0 Å². The zero-order chi connectivity index (χ0) is 6.69. The highest BCUT2D eigenvalue weighted by Gasteiger charge is 1.92. The summed E-state index contributed by atoms with van der Waals surface area (Å²) in [7, 11) is 0. The molecular weight excluding hydrogens is 112 g/mol. The Kier molecular flexibility index (Phi) is 1.78. The average Bonchev–Trinajstić information content (AvgIpc) is 1.89. The molecule has 0 aliphatic heterocycles. The Hall–Kier alpha value is -0.920. The molecule has 0 bridgehead atoms. The van der Waals surface area contributed by atoms with Gasteiger partial charge in [-0.1, -0.05) is 6.92 Å². The Labute approximate surface area is 54.9 Å². The van der Waals surface area contributed by atoms with Gasteiger partial charge >= 0.3 is 0 Å². The first-order valence-electron chi connectivity index (χ1n) is 3.11. The summed E-state index contributed by atoms with van der Waals surface area (Å²) >= 11 is 0. The second-order valence-electron chi connectivity index (χ2n) is 2.01. The maximum atomic E-state index is 3.95. The van der Waals surface area contributed by atoms with Crippen molar-refractivity contribution in [1.82, 2.24) is 10.2 Å². The maximum absolute atomic E-state index is 3.95. The number of rotatable bonds is 1. The number of aromatic nitrogens is 2. The topological polar surface area (TPSA) is 25.8 Å². The van der Waals surface area contributed by atoms with Gasteiger partial charge in [-0.15, -0.1) is 0 Å². The molecule has 0 N–H and O–H groups in total. The minimum atomic E-state index is 0.972. The van der Waals surface area contributed by atoms with Crippen LogP contribution in [0.3, 0.4) is 0 Å². The smallest absolute Gasteiger partial charge is 0.0657 e. The fourth-order valence-electron chi connectivity index (χ4n) is 0.773. The minimum absolute atomic E-state index is 0.972. The van der Waals surface area contributed by atoms with E-state index in [1.165, 1.54) is 5.56 Å². The second kappa shape index (κ2) is 2.58. The molecule has 1 aromatic rings. The molecular formula is C7H10N2. The van der Waals surface area contributed by atoms with Gasteiger partial charge in [-0.2, -0.15) is 10.2 Å². The fraction of sp³-hybridized carbons (Fsp3) is 0.429. The van der Waals surface area contributed by atoms with E-state index in [-0.39, 0.29) is 0 Å². The molecule has 1 rings (SSSR count). The van der Waals surface area contributed by atoms with Crippen LogP contribution in [-0.4, -0.2) is 10.2 Å². The first kappa shape index (κ1) is 6.20. The summed E-state index contributed by atoms with van der Waals surface area (Å²) in [5, 5.41) is 7.71. The highest BCUT2D eigenvalue weighted by molar-refractivity contribution is 5.14. The molecule has 0 aliphatic carbocycles. The third-order valence-corrected chi connectivity index (χ3v) is 1.36. The van der Waals surface area contributed by atoms with Crippen LogP contribution in [0.4, 0.5) is 0 Å². The summed E-state index contributed by atoms with van der Waals surface area (Å²) in [6.45, 7) is 4.13. The van der Waals surface area contributed by atoms with Crippen LogP contribution in [0, 0.1) is 6.92 Å². The molecule has 0 aliphatic rings. The Morgan fingerprint density at radius 2 is 2.33 bits per heavy atom. The van der Waals surface area contributed by atoms with Gasteiger partial charge in [0.2, 0.25) is 0 Å². The molecule has 0 amide bonds. The molecule has 48 valence electrons. The van der Waals surface area contributed by atoms with Crippen molar-refractivity contribution in [3.05, 3.63) is 23.5 Å². The van der Waals surface area contributed by atoms with Crippen molar-refractivity contribution in [3.63, 3.8) is 0 Å². The van der Waals surface area contributed by atoms with E-state index in [2.05, 4.69) is 17.1 Å². The van der Waals surface area contributed by atoms with Crippen LogP contribution in [0.25, 0.3) is 0 Å². The molecule has 2 heteroatoms. The van der Waals surface area contributed by atoms with Crippen molar-refractivity contribution in [2.45, 2.75) is 20.3 Å². The van der Waals surface area contributed by atoms with Crippen molar-refractivity contribution in [1.29, 1.82) is 0 Å². The molecule has 9 heavy (non-hydrogen) atoms. The zero-order valence-electron chi connectivity index (χ0n) is 5.76. The highest BCUT2D eigenvalue weighted by atomic mass is 15.1. The van der Waals surface area contributed by atoms with Gasteiger partial charge in [0, 0.05) is 6.20 Å². The van der Waals surface area contributed by atoms with Crippen LogP contribution in [0.15, 0.2) is 12.3 Å². The summed E-state index contributed by atoms with van der Waals surface area (Å²) in [5.41, 5.74) is 2.32. The predicted octanol–water partition coefficient (Wildman–Crippen LogP) is 1.35. The Balaban J connectivity index is 3.01. The fourth-order valence-corrected chi connectivity index (χ4v) is 0.773. The SMILES string of the molecule is CCc1nnccc1C. The van der Waals surface area contributed by atoms with Gasteiger partial charge in [-0.05, 0) is 25.0 Å². The highest BCUT2D eigenvalue weighted by Crippen LogP contribution is 2.00. The number of hydrogen-bond acceptors (Lipinski definition) is 2. The Morgan fingerprint density at radius 3 is 2.78 bits per heavy atom. The van der Waals surface area contributed by atoms with Crippen LogP contribution in [0.1, 0.15) is 18.2 Å². The molecule has 0 spiro atoms. The minimum Gasteiger partial charge on any atom is -0.159 e. The number of aryl methyl sites for hydroxylation is 2. The van der Waals surface area contributed by atoms with Crippen molar-refractivity contribution in [2.24, 2.45) is 0 Å². The summed E-state index contributed by atoms with van der Waals surface area (Å²) in [6.07, 6.45) is 2.69. The molecule has 0 atom stereocenters. The van der Waals surface area contributed by atoms with Crippen LogP contribution in [0.5, 0.6) is 0 Å². The average molecular weight is 122 g/mol. The van der Waals surface area contributed by atoms with E-state index >= 15 is 0 Å². The van der Waals surface area contributed by atoms with Crippen molar-refractivity contribution in [2.75, 3.05) is 0 Å². The van der Waals surface area contributed by atoms with Gasteiger partial charge in [0.25, 0.3) is 0 Å². The van der Waals surface area contributed by atoms with Crippen LogP contribution >= 0.6 is 0 Å². The van der Waals surface area contributed by atoms with Gasteiger partial charge in [0.15, 0.2) is 0 Å². The number of hydrogen-bond donors (Lipinski definition) is 0. The molecule has 1 aromatic heterocycles. The maximum Gasteiger partial charge on any atom is 0.0657 e. The van der Waals surface area contributed by atoms with Gasteiger partial charge in [0.1, 0.15) is 0 Å². The van der Waals surface area contributed by atoms with E-state index in [1.807, 2.05) is 13.0 Å². The first-order valence-corrected chi connectivity index (χ1v) is 3.11. The van der Waals surface area contributed by atoms with Gasteiger partial charge in [0.05, 0.1) is 5.69 Å². The molecule has 0 fully saturated rings. The Bertz CT molecular complexity index is 196. The molecule has 1 heterocycles. The zero-order valence-corrected chi connectivity index (χ0v) is 5.76. The normalized spacial score (nSPS) is 9.56. The van der Waals surface area contributed by atoms with E-state index in [1.54, 1.807) is 6.20 Å². The summed E-state index contributed by atoms with van der Waals surface area (Å²) in [6, 6.07) is 1.98. The monoisotopic (exact) mass is 122 g/mol. The molecule has 0 unspecified atom stereocenters. The van der Waals surface area contributed by atoms with Gasteiger partial charge < -0.3 is 0 Å². The van der Waals surface area contributed by atoms with Crippen LogP contribution in [-0.2, 0) is 6.42 Å². The molecule has 0 aromatic carbocycles. The predicted molar refractivity (Wildman–Crippen MR) is 36.1 cm³/mol. The van der Waals surface area contributed by atoms with Gasteiger partial charge in [-0.25, -0.2) is 0 Å². The third-order valence-electron chi connectivity index (χ3n) is 1.36. The number of nitrogens with zero attached hydrogens (tertiary/aromatic N) is 2. The third kappa shape index (κ3) is 1.25. The summed E-state index contributed by atoms with van der Waals surface area (Å²) < 4.78 is 0. The lowest BCUT2D eigenvalue weighted by Gasteiger charge is -1.95. The van der Waals surface area contributed by atoms with Crippen molar-refractivity contribution in [3.8, 4) is 0 Å². The van der Waals surface area contributed by atoms with E-state index in [0.717, 1.165) is 12.1 Å². The van der Waals surface area contributed by atoms with E-state index < -0.39 is 0 Å². The lowest BCUT2D eigenvalue weighted by atomic mass is 10.2. The van der Waals surface area contributed by atoms with E-state index in [9.17, 15) is 0 Å². The van der Waals surface area contributed by atoms with Crippen molar-refractivity contribution >= 4 is 0 Å². The molecule has 2 nitrogen and oxygen atoms in total. The quantitative estimate of drug-likeness (QED) is 0.562. The molecule has 0 saturated heterocycles. The standard InChI is InChI=1S/C7H10N2/c1-3-7-6(2)4-5-8-9-7/h4-5H,3H2,1-2H3. The van der Waals surface area contributed by atoms with E-state index in [0.29, 0.717) is 0 Å². The largest absolute Gasteiger partial charge is 0.159 e. The molecule has 0 saturated carbocycles. The first-order chi connectivity index (χ1) is 4.34. The molecule has 0 radical (unpaired) electrons. The van der Waals surface area contributed by atoms with Crippen LogP contribution in [0.2, 0.25) is 0 Å². The van der Waals surface area contributed by atoms with Crippen molar-refractivity contribution < 1.29 is 0 Å². The van der Waals surface area contributed by atoms with Crippen LogP contribution < -0.4 is 0 Å². The lowest BCUT2D eigenvalue weighted by Crippen LogP contribution is -1.92.